The number of ketones is 1. The Morgan fingerprint density at radius 2 is 2.10 bits per heavy atom. The zero-order chi connectivity index (χ0) is 7.82. The lowest BCUT2D eigenvalue weighted by atomic mass is 10.1. The van der Waals surface area contributed by atoms with Gasteiger partial charge in [-0.05, 0) is 18.9 Å². The molecule has 0 fully saturated rings. The van der Waals surface area contributed by atoms with Gasteiger partial charge in [-0.25, -0.2) is 0 Å². The summed E-state index contributed by atoms with van der Waals surface area (Å²) in [4.78, 5) is 10.4. The molecule has 0 atom stereocenters. The maximum absolute atomic E-state index is 10.4. The van der Waals surface area contributed by atoms with E-state index in [1.54, 1.807) is 6.08 Å². The van der Waals surface area contributed by atoms with Crippen LogP contribution in [0, 0.1) is 0 Å². The summed E-state index contributed by atoms with van der Waals surface area (Å²) in [7, 11) is 0. The normalized spacial score (nSPS) is 15.6. The minimum atomic E-state index is 0. The van der Waals surface area contributed by atoms with Crippen molar-refractivity contribution in [3.63, 3.8) is 0 Å². The van der Waals surface area contributed by atoms with Gasteiger partial charge < -0.3 is 10.0 Å². The van der Waals surface area contributed by atoms with Crippen molar-refractivity contribution >= 4 is 13.5 Å². The van der Waals surface area contributed by atoms with Crippen molar-refractivity contribution in [2.75, 3.05) is 0 Å². The molecule has 0 spiro atoms. The Hall–Kier alpha value is -0.605. The van der Waals surface area contributed by atoms with E-state index in [1.165, 1.54) is 0 Å². The van der Waals surface area contributed by atoms with Gasteiger partial charge in [0, 0.05) is 6.42 Å². The molecule has 10 heavy (non-hydrogen) atoms. The molecule has 2 N–H and O–H groups in total. The lowest BCUT2D eigenvalue weighted by Crippen LogP contribution is -1.95. The predicted octanol–water partition coefficient (Wildman–Crippen LogP) is -0.199. The van der Waals surface area contributed by atoms with E-state index >= 15 is 0 Å². The van der Waals surface area contributed by atoms with Crippen LogP contribution in [0.2, 0.25) is 0 Å². The Bertz CT molecular complexity index is 122. The molecule has 0 unspecified atom stereocenters. The molecule has 3 nitrogen and oxygen atoms in total. The van der Waals surface area contributed by atoms with Crippen LogP contribution in [0.5, 0.6) is 0 Å². The highest BCUT2D eigenvalue weighted by Crippen LogP contribution is 2.04. The molecule has 0 saturated carbocycles. The van der Waals surface area contributed by atoms with Crippen LogP contribution in [-0.4, -0.2) is 23.5 Å². The molecule has 0 aromatic rings. The van der Waals surface area contributed by atoms with Gasteiger partial charge in [0.25, 0.3) is 0 Å². The second-order valence-electron chi connectivity index (χ2n) is 1.88. The quantitative estimate of drug-likeness (QED) is 0.459. The fraction of sp³-hybridized carbons (Fsp3) is 0.500. The summed E-state index contributed by atoms with van der Waals surface area (Å²) >= 11 is 0. The summed E-state index contributed by atoms with van der Waals surface area (Å²) in [5, 5.41) is 14.0. The lowest BCUT2D eigenvalue weighted by molar-refractivity contribution is -0.114. The maximum Gasteiger partial charge on any atom is 0.482 e. The topological polar surface area (TPSA) is 57.5 Å². The number of carbonyl (C=O) groups is 1. The molecule has 55 valence electrons. The second-order valence-corrected chi connectivity index (χ2v) is 1.88. The Kier molecular flexibility index (Phi) is 6.12. The third-order valence-electron chi connectivity index (χ3n) is 1.10. The number of hydrogen-bond donors (Lipinski definition) is 2. The Balaban J connectivity index is 0.000000236. The fourth-order valence-corrected chi connectivity index (χ4v) is 0.692. The first kappa shape index (κ1) is 9.39. The van der Waals surface area contributed by atoms with Crippen LogP contribution >= 0.6 is 0 Å². The number of rotatable bonds is 0. The van der Waals surface area contributed by atoms with Crippen LogP contribution in [0.15, 0.2) is 12.2 Å². The monoisotopic (exact) mass is 141 g/mol. The smallest absolute Gasteiger partial charge is 0.429 e. The van der Waals surface area contributed by atoms with Crippen molar-refractivity contribution in [3.8, 4) is 0 Å². The summed E-state index contributed by atoms with van der Waals surface area (Å²) < 4.78 is 0. The van der Waals surface area contributed by atoms with Crippen LogP contribution in [0.1, 0.15) is 19.3 Å². The van der Waals surface area contributed by atoms with Gasteiger partial charge in [-0.1, -0.05) is 6.08 Å². The zero-order valence-corrected chi connectivity index (χ0v) is 5.66. The van der Waals surface area contributed by atoms with Crippen molar-refractivity contribution < 1.29 is 14.8 Å². The first-order valence-electron chi connectivity index (χ1n) is 3.10. The number of allylic oxidation sites excluding steroid dienone is 2. The highest BCUT2D eigenvalue weighted by atomic mass is 16.4. The summed E-state index contributed by atoms with van der Waals surface area (Å²) in [6, 6.07) is 0. The molecule has 1 aliphatic rings. The van der Waals surface area contributed by atoms with Crippen LogP contribution in [0.4, 0.5) is 0 Å². The van der Waals surface area contributed by atoms with Gasteiger partial charge in [-0.2, -0.15) is 0 Å². The molecule has 0 heterocycles. The van der Waals surface area contributed by atoms with Crippen LogP contribution in [0.25, 0.3) is 0 Å². The van der Waals surface area contributed by atoms with Gasteiger partial charge in [0.15, 0.2) is 5.78 Å². The molecular weight excluding hydrogens is 131 g/mol. The van der Waals surface area contributed by atoms with E-state index in [4.69, 9.17) is 10.0 Å². The highest BCUT2D eigenvalue weighted by Gasteiger charge is 1.98. The SMILES string of the molecule is O=C1C=CCCC1.O[B]O. The molecule has 1 radical (unpaired) electrons. The largest absolute Gasteiger partial charge is 0.482 e. The summed E-state index contributed by atoms with van der Waals surface area (Å²) in [5.74, 6) is 0.284. The zero-order valence-electron chi connectivity index (χ0n) is 5.66. The Morgan fingerprint density at radius 3 is 2.30 bits per heavy atom. The van der Waals surface area contributed by atoms with Crippen LogP contribution in [-0.2, 0) is 4.79 Å². The molecule has 0 saturated heterocycles. The van der Waals surface area contributed by atoms with E-state index in [0.29, 0.717) is 0 Å². The molecule has 1 rings (SSSR count). The first-order valence-corrected chi connectivity index (χ1v) is 3.10. The fourth-order valence-electron chi connectivity index (χ4n) is 0.692. The van der Waals surface area contributed by atoms with Gasteiger partial charge >= 0.3 is 7.69 Å². The standard InChI is InChI=1S/C6H8O.BH2O2/c7-6-4-2-1-3-5-6;2-1-3/h2,4H,1,3,5H2;2-3H. The number of hydrogen-bond acceptors (Lipinski definition) is 3. The van der Waals surface area contributed by atoms with Crippen molar-refractivity contribution in [2.45, 2.75) is 19.3 Å². The summed E-state index contributed by atoms with van der Waals surface area (Å²) in [6.45, 7) is 0. The molecule has 0 aliphatic heterocycles. The average Bonchev–Trinajstić information content (AvgIpc) is 1.91. The highest BCUT2D eigenvalue weighted by molar-refractivity contribution is 6.13. The van der Waals surface area contributed by atoms with Crippen molar-refractivity contribution in [1.82, 2.24) is 0 Å². The van der Waals surface area contributed by atoms with Gasteiger partial charge in [-0.3, -0.25) is 4.79 Å². The maximum atomic E-state index is 10.4. The second kappa shape index (κ2) is 6.51. The Labute approximate surface area is 60.7 Å². The van der Waals surface area contributed by atoms with Crippen molar-refractivity contribution in [1.29, 1.82) is 0 Å². The summed E-state index contributed by atoms with van der Waals surface area (Å²) in [5.41, 5.74) is 0. The van der Waals surface area contributed by atoms with Gasteiger partial charge in [0.05, 0.1) is 0 Å². The van der Waals surface area contributed by atoms with E-state index in [9.17, 15) is 4.79 Å². The molecule has 1 aliphatic carbocycles. The molecule has 0 aromatic heterocycles. The predicted molar refractivity (Wildman–Crippen MR) is 38.2 cm³/mol. The van der Waals surface area contributed by atoms with Crippen molar-refractivity contribution in [3.05, 3.63) is 12.2 Å². The Morgan fingerprint density at radius 1 is 1.50 bits per heavy atom. The van der Waals surface area contributed by atoms with E-state index in [0.717, 1.165) is 19.3 Å². The third-order valence-corrected chi connectivity index (χ3v) is 1.10. The van der Waals surface area contributed by atoms with E-state index in [-0.39, 0.29) is 13.5 Å². The molecule has 0 amide bonds. The van der Waals surface area contributed by atoms with Gasteiger partial charge in [0.2, 0.25) is 0 Å². The van der Waals surface area contributed by atoms with Gasteiger partial charge in [-0.15, -0.1) is 0 Å². The van der Waals surface area contributed by atoms with Crippen LogP contribution < -0.4 is 0 Å². The molecule has 0 aromatic carbocycles. The first-order chi connectivity index (χ1) is 4.81. The minimum Gasteiger partial charge on any atom is -0.429 e. The van der Waals surface area contributed by atoms with E-state index in [1.807, 2.05) is 6.08 Å². The van der Waals surface area contributed by atoms with Gasteiger partial charge in [0.1, 0.15) is 0 Å². The lowest BCUT2D eigenvalue weighted by Gasteiger charge is -1.97. The molecule has 4 heteroatoms. The van der Waals surface area contributed by atoms with Crippen molar-refractivity contribution in [2.24, 2.45) is 0 Å². The average molecular weight is 141 g/mol. The molecular formula is C6H10BO3. The number of carbonyl (C=O) groups excluding carboxylic acids is 1. The minimum absolute atomic E-state index is 0. The third kappa shape index (κ3) is 5.53. The van der Waals surface area contributed by atoms with Crippen LogP contribution in [0.3, 0.4) is 0 Å². The summed E-state index contributed by atoms with van der Waals surface area (Å²) in [6.07, 6.45) is 6.51. The van der Waals surface area contributed by atoms with E-state index in [2.05, 4.69) is 0 Å². The molecule has 0 bridgehead atoms. The van der Waals surface area contributed by atoms with E-state index < -0.39 is 0 Å².